The highest BCUT2D eigenvalue weighted by molar-refractivity contribution is 5.85. The fraction of sp³-hybridized carbons (Fsp3) is 0.500. The van der Waals surface area contributed by atoms with Gasteiger partial charge in [-0.25, -0.2) is 0 Å². The monoisotopic (exact) mass is 159 g/mol. The van der Waals surface area contributed by atoms with Crippen LogP contribution in [0.15, 0.2) is 24.3 Å². The summed E-state index contributed by atoms with van der Waals surface area (Å²) in [6, 6.07) is 0. The van der Waals surface area contributed by atoms with Crippen molar-refractivity contribution in [3.8, 4) is 0 Å². The van der Waals surface area contributed by atoms with E-state index in [1.807, 2.05) is 12.2 Å². The van der Waals surface area contributed by atoms with Crippen molar-refractivity contribution in [2.45, 2.75) is 25.3 Å². The van der Waals surface area contributed by atoms with Crippen molar-refractivity contribution in [1.29, 1.82) is 0 Å². The average molecular weight is 160 g/mol. The molecule has 0 aromatic rings. The summed E-state index contributed by atoms with van der Waals surface area (Å²) >= 11 is 0. The molecule has 1 aliphatic carbocycles. The Balaban J connectivity index is 0.000000810. The van der Waals surface area contributed by atoms with Crippen molar-refractivity contribution in [1.82, 2.24) is 0 Å². The minimum atomic E-state index is -0.0469. The van der Waals surface area contributed by atoms with Crippen LogP contribution in [0.5, 0.6) is 0 Å². The molecule has 0 saturated carbocycles. The summed E-state index contributed by atoms with van der Waals surface area (Å²) in [6.45, 7) is 2.11. The zero-order valence-electron chi connectivity index (χ0n) is 6.21. The van der Waals surface area contributed by atoms with Crippen LogP contribution in [0.3, 0.4) is 0 Å². The first-order valence-corrected chi connectivity index (χ1v) is 3.40. The highest BCUT2D eigenvalue weighted by atomic mass is 35.5. The Morgan fingerprint density at radius 2 is 2.20 bits per heavy atom. The average Bonchev–Trinajstić information content (AvgIpc) is 1.90. The van der Waals surface area contributed by atoms with E-state index in [-0.39, 0.29) is 17.9 Å². The molecule has 0 aromatic heterocycles. The van der Waals surface area contributed by atoms with Crippen LogP contribution in [-0.2, 0) is 0 Å². The standard InChI is InChI=1S/C8H13N.ClH/c1-2-8(9)6-4-3-5-7-8;/h3-6H,2,7,9H2,1H3;1H/t8-;/m1./s1. The van der Waals surface area contributed by atoms with Crippen LogP contribution >= 0.6 is 12.4 Å². The van der Waals surface area contributed by atoms with Gasteiger partial charge >= 0.3 is 0 Å². The van der Waals surface area contributed by atoms with Gasteiger partial charge in [-0.3, -0.25) is 0 Å². The molecule has 0 radical (unpaired) electrons. The summed E-state index contributed by atoms with van der Waals surface area (Å²) in [5.74, 6) is 0. The first kappa shape index (κ1) is 9.73. The lowest BCUT2D eigenvalue weighted by Gasteiger charge is -2.23. The van der Waals surface area contributed by atoms with Crippen molar-refractivity contribution < 1.29 is 0 Å². The number of nitrogens with two attached hydrogens (primary N) is 1. The molecule has 1 rings (SSSR count). The van der Waals surface area contributed by atoms with Gasteiger partial charge in [0.15, 0.2) is 0 Å². The molecule has 1 atom stereocenters. The summed E-state index contributed by atoms with van der Waals surface area (Å²) < 4.78 is 0. The van der Waals surface area contributed by atoms with Crippen LogP contribution in [0.2, 0.25) is 0 Å². The predicted octanol–water partition coefficient (Wildman–Crippen LogP) is 2.03. The summed E-state index contributed by atoms with van der Waals surface area (Å²) in [5.41, 5.74) is 5.87. The molecule has 0 heterocycles. The molecular formula is C8H14ClN. The van der Waals surface area contributed by atoms with Crippen molar-refractivity contribution in [3.63, 3.8) is 0 Å². The normalized spacial score (nSPS) is 29.8. The van der Waals surface area contributed by atoms with Crippen LogP contribution in [0.4, 0.5) is 0 Å². The van der Waals surface area contributed by atoms with Gasteiger partial charge in [0, 0.05) is 5.54 Å². The molecule has 10 heavy (non-hydrogen) atoms. The number of halogens is 1. The van der Waals surface area contributed by atoms with Crippen molar-refractivity contribution >= 4 is 12.4 Å². The van der Waals surface area contributed by atoms with Gasteiger partial charge in [-0.1, -0.05) is 31.2 Å². The van der Waals surface area contributed by atoms with Gasteiger partial charge in [-0.15, -0.1) is 12.4 Å². The van der Waals surface area contributed by atoms with Crippen molar-refractivity contribution in [2.24, 2.45) is 5.73 Å². The lowest BCUT2D eigenvalue weighted by atomic mass is 9.90. The SMILES string of the molecule is CC[C@@]1(N)C=CC=CC1.Cl. The molecule has 0 spiro atoms. The van der Waals surface area contributed by atoms with E-state index in [1.165, 1.54) is 0 Å². The fourth-order valence-electron chi connectivity index (χ4n) is 0.943. The third-order valence-electron chi connectivity index (χ3n) is 1.83. The Bertz CT molecular complexity index is 151. The third kappa shape index (κ3) is 2.16. The Morgan fingerprint density at radius 3 is 2.50 bits per heavy atom. The number of hydrogen-bond donors (Lipinski definition) is 1. The molecule has 0 fully saturated rings. The molecule has 0 bridgehead atoms. The molecule has 1 nitrogen and oxygen atoms in total. The fourth-order valence-corrected chi connectivity index (χ4v) is 0.943. The highest BCUT2D eigenvalue weighted by Gasteiger charge is 2.17. The molecule has 0 aliphatic heterocycles. The quantitative estimate of drug-likeness (QED) is 0.623. The molecule has 0 saturated heterocycles. The van der Waals surface area contributed by atoms with Crippen LogP contribution < -0.4 is 5.73 Å². The molecule has 0 aromatic carbocycles. The third-order valence-corrected chi connectivity index (χ3v) is 1.83. The molecule has 2 heteroatoms. The highest BCUT2D eigenvalue weighted by Crippen LogP contribution is 2.17. The largest absolute Gasteiger partial charge is 0.322 e. The minimum Gasteiger partial charge on any atom is -0.322 e. The zero-order chi connectivity index (χ0) is 6.74. The Labute approximate surface area is 68.4 Å². The number of rotatable bonds is 1. The van der Waals surface area contributed by atoms with Gasteiger partial charge < -0.3 is 5.73 Å². The first-order chi connectivity index (χ1) is 4.27. The lowest BCUT2D eigenvalue weighted by molar-refractivity contribution is 0.513. The summed E-state index contributed by atoms with van der Waals surface area (Å²) in [5, 5.41) is 0. The van der Waals surface area contributed by atoms with E-state index in [9.17, 15) is 0 Å². The minimum absolute atomic E-state index is 0. The van der Waals surface area contributed by atoms with Crippen molar-refractivity contribution in [3.05, 3.63) is 24.3 Å². The Morgan fingerprint density at radius 1 is 1.50 bits per heavy atom. The van der Waals surface area contributed by atoms with Gasteiger partial charge in [0.05, 0.1) is 0 Å². The van der Waals surface area contributed by atoms with E-state index in [0.717, 1.165) is 12.8 Å². The molecule has 0 unspecified atom stereocenters. The maximum atomic E-state index is 5.92. The van der Waals surface area contributed by atoms with Crippen LogP contribution in [-0.4, -0.2) is 5.54 Å². The second-order valence-electron chi connectivity index (χ2n) is 2.58. The molecule has 2 N–H and O–H groups in total. The van der Waals surface area contributed by atoms with Gasteiger partial charge in [0.25, 0.3) is 0 Å². The molecule has 0 amide bonds. The van der Waals surface area contributed by atoms with Gasteiger partial charge in [-0.05, 0) is 12.8 Å². The number of hydrogen-bond acceptors (Lipinski definition) is 1. The van der Waals surface area contributed by atoms with Crippen LogP contribution in [0.1, 0.15) is 19.8 Å². The lowest BCUT2D eigenvalue weighted by Crippen LogP contribution is -2.36. The molecule has 1 aliphatic rings. The summed E-state index contributed by atoms with van der Waals surface area (Å²) in [4.78, 5) is 0. The Hall–Kier alpha value is -0.270. The summed E-state index contributed by atoms with van der Waals surface area (Å²) in [7, 11) is 0. The zero-order valence-corrected chi connectivity index (χ0v) is 7.03. The van der Waals surface area contributed by atoms with Gasteiger partial charge in [-0.2, -0.15) is 0 Å². The topological polar surface area (TPSA) is 26.0 Å². The maximum absolute atomic E-state index is 5.92. The van der Waals surface area contributed by atoms with Gasteiger partial charge in [0.1, 0.15) is 0 Å². The van der Waals surface area contributed by atoms with Crippen molar-refractivity contribution in [2.75, 3.05) is 0 Å². The maximum Gasteiger partial charge on any atom is 0.0374 e. The van der Waals surface area contributed by atoms with E-state index in [2.05, 4.69) is 19.1 Å². The Kier molecular flexibility index (Phi) is 3.69. The summed E-state index contributed by atoms with van der Waals surface area (Å²) in [6.07, 6.45) is 10.3. The van der Waals surface area contributed by atoms with E-state index in [1.54, 1.807) is 0 Å². The number of allylic oxidation sites excluding steroid dienone is 2. The van der Waals surface area contributed by atoms with E-state index < -0.39 is 0 Å². The second kappa shape index (κ2) is 3.79. The molecule has 58 valence electrons. The predicted molar refractivity (Wildman–Crippen MR) is 47.4 cm³/mol. The second-order valence-corrected chi connectivity index (χ2v) is 2.58. The molecular weight excluding hydrogens is 146 g/mol. The van der Waals surface area contributed by atoms with E-state index >= 15 is 0 Å². The van der Waals surface area contributed by atoms with Crippen LogP contribution in [0, 0.1) is 0 Å². The van der Waals surface area contributed by atoms with Crippen LogP contribution in [0.25, 0.3) is 0 Å². The van der Waals surface area contributed by atoms with E-state index in [0.29, 0.717) is 0 Å². The smallest absolute Gasteiger partial charge is 0.0374 e. The van der Waals surface area contributed by atoms with E-state index in [4.69, 9.17) is 5.73 Å². The van der Waals surface area contributed by atoms with Gasteiger partial charge in [0.2, 0.25) is 0 Å². The first-order valence-electron chi connectivity index (χ1n) is 3.40.